The van der Waals surface area contributed by atoms with E-state index in [-0.39, 0.29) is 17.3 Å². The quantitative estimate of drug-likeness (QED) is 0.772. The maximum absolute atomic E-state index is 13.5. The molecule has 2 aliphatic rings. The molecule has 29 heavy (non-hydrogen) atoms. The average molecular weight is 415 g/mol. The van der Waals surface area contributed by atoms with E-state index in [4.69, 9.17) is 4.74 Å². The molecule has 2 aromatic carbocycles. The van der Waals surface area contributed by atoms with Crippen LogP contribution >= 0.6 is 0 Å². The smallest absolute Gasteiger partial charge is 0.244 e. The lowest BCUT2D eigenvalue weighted by Crippen LogP contribution is -2.54. The van der Waals surface area contributed by atoms with Crippen molar-refractivity contribution in [3.8, 4) is 5.75 Å². The molecular formula is C22H26N2O4S. The van der Waals surface area contributed by atoms with E-state index < -0.39 is 16.1 Å². The molecule has 1 saturated heterocycles. The maximum Gasteiger partial charge on any atom is 0.244 e. The molecule has 154 valence electrons. The Labute approximate surface area is 172 Å². The van der Waals surface area contributed by atoms with Crippen LogP contribution in [0.15, 0.2) is 53.4 Å². The van der Waals surface area contributed by atoms with Gasteiger partial charge in [0.1, 0.15) is 11.8 Å². The number of sulfonamides is 1. The average Bonchev–Trinajstić information content (AvgIpc) is 2.78. The highest BCUT2D eigenvalue weighted by Gasteiger charge is 2.41. The second-order valence-electron chi connectivity index (χ2n) is 7.60. The number of carbonyl (C=O) groups is 1. The first-order valence-corrected chi connectivity index (χ1v) is 11.5. The molecule has 2 aliphatic heterocycles. The van der Waals surface area contributed by atoms with E-state index in [1.54, 1.807) is 19.2 Å². The summed E-state index contributed by atoms with van der Waals surface area (Å²) in [5.74, 6) is 0.505. The number of hydrogen-bond acceptors (Lipinski definition) is 4. The van der Waals surface area contributed by atoms with Crippen molar-refractivity contribution in [1.82, 2.24) is 9.21 Å². The van der Waals surface area contributed by atoms with Gasteiger partial charge in [0, 0.05) is 19.6 Å². The number of methoxy groups -OCH3 is 1. The van der Waals surface area contributed by atoms with Gasteiger partial charge in [-0.05, 0) is 61.1 Å². The Hall–Kier alpha value is -2.38. The number of carbonyl (C=O) groups excluding carboxylic acids is 1. The molecule has 2 aromatic rings. The normalized spacial score (nSPS) is 20.2. The molecule has 0 bridgehead atoms. The Kier molecular flexibility index (Phi) is 5.61. The van der Waals surface area contributed by atoms with Gasteiger partial charge >= 0.3 is 0 Å². The van der Waals surface area contributed by atoms with Crippen molar-refractivity contribution in [2.75, 3.05) is 20.2 Å². The number of amides is 1. The van der Waals surface area contributed by atoms with Gasteiger partial charge in [-0.1, -0.05) is 24.3 Å². The Bertz CT molecular complexity index is 982. The summed E-state index contributed by atoms with van der Waals surface area (Å²) in [5.41, 5.74) is 2.00. The fourth-order valence-corrected chi connectivity index (χ4v) is 5.73. The first-order chi connectivity index (χ1) is 14.0. The van der Waals surface area contributed by atoms with Crippen LogP contribution in [0.3, 0.4) is 0 Å². The van der Waals surface area contributed by atoms with Gasteiger partial charge in [-0.25, -0.2) is 8.42 Å². The number of likely N-dealkylation sites (tertiary alicyclic amines) is 1. The zero-order valence-electron chi connectivity index (χ0n) is 16.6. The lowest BCUT2D eigenvalue weighted by molar-refractivity contribution is -0.136. The zero-order valence-corrected chi connectivity index (χ0v) is 17.4. The maximum atomic E-state index is 13.5. The number of rotatable bonds is 4. The van der Waals surface area contributed by atoms with E-state index in [2.05, 4.69) is 0 Å². The predicted octanol–water partition coefficient (Wildman–Crippen LogP) is 2.82. The number of fused-ring (bicyclic) bond motifs is 1. The molecule has 1 amide bonds. The van der Waals surface area contributed by atoms with Crippen LogP contribution in [-0.4, -0.2) is 49.8 Å². The summed E-state index contributed by atoms with van der Waals surface area (Å²) < 4.78 is 33.5. The van der Waals surface area contributed by atoms with Crippen molar-refractivity contribution in [1.29, 1.82) is 0 Å². The van der Waals surface area contributed by atoms with Gasteiger partial charge in [0.25, 0.3) is 0 Å². The second-order valence-corrected chi connectivity index (χ2v) is 9.49. The third kappa shape index (κ3) is 3.89. The molecular weight excluding hydrogens is 388 g/mol. The molecule has 7 heteroatoms. The van der Waals surface area contributed by atoms with Crippen LogP contribution in [0.1, 0.15) is 30.4 Å². The zero-order chi connectivity index (χ0) is 20.4. The number of piperidine rings is 1. The van der Waals surface area contributed by atoms with E-state index in [0.29, 0.717) is 25.3 Å². The van der Waals surface area contributed by atoms with Crippen molar-refractivity contribution in [2.45, 2.75) is 43.2 Å². The van der Waals surface area contributed by atoms with Crippen LogP contribution in [0.4, 0.5) is 0 Å². The Morgan fingerprint density at radius 1 is 0.966 bits per heavy atom. The topological polar surface area (TPSA) is 66.9 Å². The van der Waals surface area contributed by atoms with Gasteiger partial charge < -0.3 is 9.64 Å². The summed E-state index contributed by atoms with van der Waals surface area (Å²) in [4.78, 5) is 15.4. The van der Waals surface area contributed by atoms with Crippen LogP contribution in [0.2, 0.25) is 0 Å². The number of ether oxygens (including phenoxy) is 1. The second kappa shape index (κ2) is 8.16. The summed E-state index contributed by atoms with van der Waals surface area (Å²) >= 11 is 0. The van der Waals surface area contributed by atoms with Crippen LogP contribution in [0.5, 0.6) is 5.75 Å². The minimum atomic E-state index is -3.83. The van der Waals surface area contributed by atoms with Crippen LogP contribution in [0.25, 0.3) is 0 Å². The summed E-state index contributed by atoms with van der Waals surface area (Å²) in [7, 11) is -2.29. The lowest BCUT2D eigenvalue weighted by atomic mass is 9.94. The molecule has 0 saturated carbocycles. The van der Waals surface area contributed by atoms with E-state index in [1.165, 1.54) is 16.4 Å². The van der Waals surface area contributed by atoms with Crippen molar-refractivity contribution in [3.63, 3.8) is 0 Å². The highest BCUT2D eigenvalue weighted by molar-refractivity contribution is 7.89. The third-order valence-corrected chi connectivity index (χ3v) is 7.69. The van der Waals surface area contributed by atoms with Gasteiger partial charge in [0.2, 0.25) is 15.9 Å². The van der Waals surface area contributed by atoms with Crippen LogP contribution < -0.4 is 4.74 Å². The lowest BCUT2D eigenvalue weighted by Gasteiger charge is -2.38. The van der Waals surface area contributed by atoms with Crippen molar-refractivity contribution >= 4 is 15.9 Å². The Balaban J connectivity index is 1.71. The molecule has 6 nitrogen and oxygen atoms in total. The van der Waals surface area contributed by atoms with E-state index in [1.807, 2.05) is 29.2 Å². The molecule has 0 radical (unpaired) electrons. The van der Waals surface area contributed by atoms with Gasteiger partial charge in [0.05, 0.1) is 12.0 Å². The summed E-state index contributed by atoms with van der Waals surface area (Å²) in [6.45, 7) is 1.61. The highest BCUT2D eigenvalue weighted by Crippen LogP contribution is 2.31. The minimum Gasteiger partial charge on any atom is -0.497 e. The Morgan fingerprint density at radius 2 is 1.62 bits per heavy atom. The van der Waals surface area contributed by atoms with Crippen molar-refractivity contribution in [3.05, 3.63) is 59.7 Å². The summed E-state index contributed by atoms with van der Waals surface area (Å²) in [6, 6.07) is 13.4. The van der Waals surface area contributed by atoms with Crippen molar-refractivity contribution < 1.29 is 17.9 Å². The van der Waals surface area contributed by atoms with Gasteiger partial charge in [-0.15, -0.1) is 0 Å². The number of nitrogens with zero attached hydrogens (tertiary/aromatic N) is 2. The molecule has 0 spiro atoms. The van der Waals surface area contributed by atoms with Gasteiger partial charge in [0.15, 0.2) is 0 Å². The predicted molar refractivity (Wildman–Crippen MR) is 110 cm³/mol. The first kappa shape index (κ1) is 19.9. The molecule has 4 rings (SSSR count). The van der Waals surface area contributed by atoms with E-state index >= 15 is 0 Å². The van der Waals surface area contributed by atoms with Gasteiger partial charge in [-0.3, -0.25) is 4.79 Å². The Morgan fingerprint density at radius 3 is 2.28 bits per heavy atom. The van der Waals surface area contributed by atoms with Crippen molar-refractivity contribution in [2.24, 2.45) is 0 Å². The molecule has 0 N–H and O–H groups in total. The molecule has 2 heterocycles. The number of benzene rings is 2. The fourth-order valence-electron chi connectivity index (χ4n) is 4.17. The molecule has 1 unspecified atom stereocenters. The monoisotopic (exact) mass is 414 g/mol. The summed E-state index contributed by atoms with van der Waals surface area (Å²) in [5, 5.41) is 0. The third-order valence-electron chi connectivity index (χ3n) is 5.82. The largest absolute Gasteiger partial charge is 0.497 e. The van der Waals surface area contributed by atoms with Gasteiger partial charge in [-0.2, -0.15) is 4.31 Å². The standard InChI is InChI=1S/C22H26N2O4S/c1-28-19-9-11-20(12-10-19)29(26,27)24-16-18-8-4-3-7-17(18)15-21(24)22(25)23-13-5-2-6-14-23/h3-4,7-12,21H,2,5-6,13-16H2,1H3. The van der Waals surface area contributed by atoms with E-state index in [9.17, 15) is 13.2 Å². The summed E-state index contributed by atoms with van der Waals surface area (Å²) in [6.07, 6.45) is 3.46. The highest BCUT2D eigenvalue weighted by atomic mass is 32.2. The molecule has 0 aliphatic carbocycles. The van der Waals surface area contributed by atoms with E-state index in [0.717, 1.165) is 30.4 Å². The molecule has 0 aromatic heterocycles. The fraction of sp³-hybridized carbons (Fsp3) is 0.409. The SMILES string of the molecule is COc1ccc(S(=O)(=O)N2Cc3ccccc3CC2C(=O)N2CCCCC2)cc1. The number of hydrogen-bond donors (Lipinski definition) is 0. The van der Waals surface area contributed by atoms with Crippen LogP contribution in [0, 0.1) is 0 Å². The minimum absolute atomic E-state index is 0.0868. The van der Waals surface area contributed by atoms with Crippen LogP contribution in [-0.2, 0) is 27.8 Å². The first-order valence-electron chi connectivity index (χ1n) is 10.0. The molecule has 1 atom stereocenters. The molecule has 1 fully saturated rings.